The van der Waals surface area contributed by atoms with Crippen LogP contribution in [0.4, 0.5) is 0 Å². The van der Waals surface area contributed by atoms with Crippen LogP contribution in [-0.4, -0.2) is 59.2 Å². The summed E-state index contributed by atoms with van der Waals surface area (Å²) in [5.41, 5.74) is 2.44. The number of aromatic nitrogens is 1. The van der Waals surface area contributed by atoms with Gasteiger partial charge in [-0.25, -0.2) is 0 Å². The second-order valence-electron chi connectivity index (χ2n) is 5.11. The first-order valence-corrected chi connectivity index (χ1v) is 6.89. The molecule has 1 radical (unpaired) electrons. The van der Waals surface area contributed by atoms with Crippen molar-refractivity contribution in [2.45, 2.75) is 6.54 Å². The summed E-state index contributed by atoms with van der Waals surface area (Å²) >= 11 is 0. The molecule has 0 saturated carbocycles. The zero-order valence-corrected chi connectivity index (χ0v) is 11.1. The van der Waals surface area contributed by atoms with E-state index in [9.17, 15) is 0 Å². The van der Waals surface area contributed by atoms with Gasteiger partial charge in [0, 0.05) is 56.9 Å². The number of aliphatic hydroxyl groups excluding tert-OH is 1. The number of nitrogens with zero attached hydrogens (tertiary/aromatic N) is 2. The van der Waals surface area contributed by atoms with Crippen LogP contribution >= 0.6 is 0 Å². The third-order valence-electron chi connectivity index (χ3n) is 3.87. The van der Waals surface area contributed by atoms with Crippen molar-refractivity contribution in [1.29, 1.82) is 0 Å². The third kappa shape index (κ3) is 2.81. The fraction of sp³-hybridized carbons (Fsp3) is 0.467. The third-order valence-corrected chi connectivity index (χ3v) is 3.87. The molecular weight excluding hydrogens is 238 g/mol. The second-order valence-corrected chi connectivity index (χ2v) is 5.11. The second kappa shape index (κ2) is 5.74. The minimum atomic E-state index is 0.262. The molecule has 19 heavy (non-hydrogen) atoms. The fourth-order valence-corrected chi connectivity index (χ4v) is 2.75. The lowest BCUT2D eigenvalue weighted by atomic mass is 10.1. The quantitative estimate of drug-likeness (QED) is 0.862. The lowest BCUT2D eigenvalue weighted by molar-refractivity contribution is 0.109. The Kier molecular flexibility index (Phi) is 3.82. The molecule has 0 unspecified atom stereocenters. The molecule has 2 heterocycles. The molecule has 1 saturated heterocycles. The molecule has 1 aliphatic rings. The average molecular weight is 258 g/mol. The molecule has 0 amide bonds. The van der Waals surface area contributed by atoms with Crippen LogP contribution in [-0.2, 0) is 6.54 Å². The molecule has 101 valence electrons. The van der Waals surface area contributed by atoms with Crippen molar-refractivity contribution in [2.75, 3.05) is 39.3 Å². The first kappa shape index (κ1) is 12.7. The Bertz CT molecular complexity index is 529. The van der Waals surface area contributed by atoms with Crippen molar-refractivity contribution in [3.8, 4) is 0 Å². The van der Waals surface area contributed by atoms with Crippen LogP contribution in [0.3, 0.4) is 0 Å². The number of para-hydroxylation sites is 1. The van der Waals surface area contributed by atoms with Crippen LogP contribution in [0.15, 0.2) is 24.4 Å². The predicted octanol–water partition coefficient (Wildman–Crippen LogP) is 1.08. The smallest absolute Gasteiger partial charge is 0.0558 e. The number of hydrogen-bond donors (Lipinski definition) is 2. The summed E-state index contributed by atoms with van der Waals surface area (Å²) in [6.45, 7) is 6.30. The van der Waals surface area contributed by atoms with E-state index >= 15 is 0 Å². The van der Waals surface area contributed by atoms with Gasteiger partial charge in [-0.1, -0.05) is 18.2 Å². The van der Waals surface area contributed by atoms with Gasteiger partial charge in [-0.15, -0.1) is 0 Å². The van der Waals surface area contributed by atoms with Gasteiger partial charge < -0.3 is 10.1 Å². The molecule has 0 atom stereocenters. The molecule has 4 nitrogen and oxygen atoms in total. The molecule has 1 fully saturated rings. The Morgan fingerprint density at radius 1 is 1.21 bits per heavy atom. The first-order valence-electron chi connectivity index (χ1n) is 6.89. The van der Waals surface area contributed by atoms with E-state index in [0.29, 0.717) is 0 Å². The van der Waals surface area contributed by atoms with Gasteiger partial charge in [-0.2, -0.15) is 0 Å². The van der Waals surface area contributed by atoms with Crippen molar-refractivity contribution < 1.29 is 5.11 Å². The molecule has 1 aliphatic heterocycles. The van der Waals surface area contributed by atoms with Crippen LogP contribution in [0, 0.1) is 6.07 Å². The monoisotopic (exact) mass is 258 g/mol. The number of hydrogen-bond acceptors (Lipinski definition) is 3. The van der Waals surface area contributed by atoms with Crippen molar-refractivity contribution in [2.24, 2.45) is 0 Å². The number of rotatable bonds is 4. The lowest BCUT2D eigenvalue weighted by Gasteiger charge is -2.34. The molecule has 1 aromatic carbocycles. The Morgan fingerprint density at radius 3 is 2.79 bits per heavy atom. The van der Waals surface area contributed by atoms with Crippen LogP contribution < -0.4 is 0 Å². The summed E-state index contributed by atoms with van der Waals surface area (Å²) in [4.78, 5) is 8.08. The van der Waals surface area contributed by atoms with E-state index in [4.69, 9.17) is 5.11 Å². The van der Waals surface area contributed by atoms with Crippen molar-refractivity contribution in [1.82, 2.24) is 14.8 Å². The normalized spacial score (nSPS) is 18.2. The van der Waals surface area contributed by atoms with E-state index in [1.165, 1.54) is 10.9 Å². The number of nitrogens with one attached hydrogen (secondary N) is 1. The molecular formula is C15H20N3O. The molecule has 1 aromatic heterocycles. The Morgan fingerprint density at radius 2 is 2.00 bits per heavy atom. The van der Waals surface area contributed by atoms with E-state index in [2.05, 4.69) is 33.1 Å². The molecule has 2 aromatic rings. The lowest BCUT2D eigenvalue weighted by Crippen LogP contribution is -2.46. The van der Waals surface area contributed by atoms with Gasteiger partial charge in [0.05, 0.1) is 12.1 Å². The molecule has 2 N–H and O–H groups in total. The van der Waals surface area contributed by atoms with Crippen molar-refractivity contribution >= 4 is 10.9 Å². The van der Waals surface area contributed by atoms with Crippen LogP contribution in [0.25, 0.3) is 10.9 Å². The van der Waals surface area contributed by atoms with Gasteiger partial charge in [0.1, 0.15) is 0 Å². The number of piperazine rings is 1. The average Bonchev–Trinajstić information content (AvgIpc) is 2.85. The highest BCUT2D eigenvalue weighted by molar-refractivity contribution is 5.82. The highest BCUT2D eigenvalue weighted by atomic mass is 16.3. The first-order chi connectivity index (χ1) is 9.36. The van der Waals surface area contributed by atoms with Gasteiger partial charge in [-0.05, 0) is 5.56 Å². The Balaban J connectivity index is 1.63. The van der Waals surface area contributed by atoms with Crippen molar-refractivity contribution in [3.05, 3.63) is 36.0 Å². The van der Waals surface area contributed by atoms with E-state index < -0.39 is 0 Å². The summed E-state index contributed by atoms with van der Waals surface area (Å²) < 4.78 is 0. The van der Waals surface area contributed by atoms with Gasteiger partial charge in [0.15, 0.2) is 0 Å². The largest absolute Gasteiger partial charge is 0.395 e. The van der Waals surface area contributed by atoms with Crippen molar-refractivity contribution in [3.63, 3.8) is 0 Å². The van der Waals surface area contributed by atoms with Gasteiger partial charge in [0.25, 0.3) is 0 Å². The standard InChI is InChI=1S/C15H20N3O/c19-10-9-17-5-7-18(8-6-17)12-13-11-16-15-4-2-1-3-14(13)15/h1-3,11,16,19H,5-10,12H2. The number of aliphatic hydroxyl groups is 1. The van der Waals surface area contributed by atoms with E-state index in [1.54, 1.807) is 0 Å². The van der Waals surface area contributed by atoms with Crippen LogP contribution in [0.1, 0.15) is 5.56 Å². The number of β-amino-alcohol motifs (C(OH)–C–C–N with tert-alkyl or cyclic N) is 1. The molecule has 0 aliphatic carbocycles. The highest BCUT2D eigenvalue weighted by Crippen LogP contribution is 2.19. The zero-order valence-electron chi connectivity index (χ0n) is 11.1. The SMILES string of the molecule is OCCN1CCN(Cc2c[nH]c3[c]cccc23)CC1. The minimum absolute atomic E-state index is 0.262. The summed E-state index contributed by atoms with van der Waals surface area (Å²) in [6.07, 6.45) is 2.10. The summed E-state index contributed by atoms with van der Waals surface area (Å²) in [6, 6.07) is 9.36. The maximum absolute atomic E-state index is 8.95. The van der Waals surface area contributed by atoms with Gasteiger partial charge in [0.2, 0.25) is 0 Å². The minimum Gasteiger partial charge on any atom is -0.395 e. The zero-order chi connectivity index (χ0) is 13.1. The number of fused-ring (bicyclic) bond motifs is 1. The van der Waals surface area contributed by atoms with Gasteiger partial charge >= 0.3 is 0 Å². The maximum Gasteiger partial charge on any atom is 0.0558 e. The van der Waals surface area contributed by atoms with E-state index in [-0.39, 0.29) is 6.61 Å². The van der Waals surface area contributed by atoms with E-state index in [0.717, 1.165) is 44.8 Å². The number of H-pyrrole nitrogens is 1. The highest BCUT2D eigenvalue weighted by Gasteiger charge is 2.17. The summed E-state index contributed by atoms with van der Waals surface area (Å²) in [5, 5.41) is 10.2. The van der Waals surface area contributed by atoms with Crippen LogP contribution in [0.2, 0.25) is 0 Å². The molecule has 0 bridgehead atoms. The number of aromatic amines is 1. The van der Waals surface area contributed by atoms with Crippen LogP contribution in [0.5, 0.6) is 0 Å². The predicted molar refractivity (Wildman–Crippen MR) is 75.9 cm³/mol. The maximum atomic E-state index is 8.95. The molecule has 4 heteroatoms. The number of benzene rings is 1. The molecule has 0 spiro atoms. The summed E-state index contributed by atoms with van der Waals surface area (Å²) in [5.74, 6) is 0. The summed E-state index contributed by atoms with van der Waals surface area (Å²) in [7, 11) is 0. The van der Waals surface area contributed by atoms with E-state index in [1.807, 2.05) is 12.1 Å². The Labute approximate surface area is 113 Å². The topological polar surface area (TPSA) is 42.5 Å². The van der Waals surface area contributed by atoms with Gasteiger partial charge in [-0.3, -0.25) is 9.80 Å². The fourth-order valence-electron chi connectivity index (χ4n) is 2.75. The Hall–Kier alpha value is -1.36. The molecule has 3 rings (SSSR count).